The maximum absolute atomic E-state index is 13.4. The van der Waals surface area contributed by atoms with Crippen molar-refractivity contribution in [3.63, 3.8) is 0 Å². The van der Waals surface area contributed by atoms with Gasteiger partial charge in [-0.3, -0.25) is 9.00 Å². The smallest absolute Gasteiger partial charge is 0.230 e. The zero-order valence-electron chi connectivity index (χ0n) is 18.7. The standard InChI is InChI=1S/C21H27NO2S/c1-13-8-7-9-19(17(13)5)21(6,25(24)12-20(22)23)18-10-14(2)16(4)15(3)11-18/h7-11H,12H2,1-6H3,(H2,22,23)/t21?,25-/m1/s1/i7D,8D,9D. The molecule has 0 radical (unpaired) electrons. The molecule has 0 saturated carbocycles. The second-order valence-corrected chi connectivity index (χ2v) is 8.52. The van der Waals surface area contributed by atoms with Gasteiger partial charge in [-0.2, -0.15) is 0 Å². The lowest BCUT2D eigenvalue weighted by molar-refractivity contribution is -0.115. The van der Waals surface area contributed by atoms with Gasteiger partial charge in [-0.15, -0.1) is 0 Å². The van der Waals surface area contributed by atoms with Crippen molar-refractivity contribution in [3.8, 4) is 0 Å². The fourth-order valence-corrected chi connectivity index (χ4v) is 4.37. The fourth-order valence-electron chi connectivity index (χ4n) is 3.01. The summed E-state index contributed by atoms with van der Waals surface area (Å²) in [5.41, 5.74) is 10.8. The fraction of sp³-hybridized carbons (Fsp3) is 0.381. The zero-order valence-corrected chi connectivity index (χ0v) is 16.5. The molecule has 2 rings (SSSR count). The number of hydrogen-bond donors (Lipinski definition) is 1. The van der Waals surface area contributed by atoms with Crippen LogP contribution in [-0.2, 0) is 20.3 Å². The van der Waals surface area contributed by atoms with Gasteiger partial charge in [-0.25, -0.2) is 0 Å². The molecule has 0 spiro atoms. The third kappa shape index (κ3) is 3.54. The van der Waals surface area contributed by atoms with Crippen LogP contribution in [-0.4, -0.2) is 15.9 Å². The van der Waals surface area contributed by atoms with Gasteiger partial charge in [0.05, 0.1) is 8.86 Å². The van der Waals surface area contributed by atoms with Crippen LogP contribution in [0.15, 0.2) is 30.3 Å². The van der Waals surface area contributed by atoms with E-state index in [-0.39, 0.29) is 23.9 Å². The van der Waals surface area contributed by atoms with Crippen LogP contribution in [0.25, 0.3) is 0 Å². The molecule has 0 aliphatic rings. The van der Waals surface area contributed by atoms with Crippen molar-refractivity contribution in [2.45, 2.75) is 46.3 Å². The molecule has 25 heavy (non-hydrogen) atoms. The van der Waals surface area contributed by atoms with Gasteiger partial charge in [-0.05, 0) is 80.5 Å². The van der Waals surface area contributed by atoms with Crippen molar-refractivity contribution in [1.29, 1.82) is 0 Å². The van der Waals surface area contributed by atoms with Gasteiger partial charge in [0.25, 0.3) is 0 Å². The Morgan fingerprint density at radius 1 is 1.08 bits per heavy atom. The van der Waals surface area contributed by atoms with Gasteiger partial charge in [0, 0.05) is 10.8 Å². The number of carbonyl (C=O) groups excluding carboxylic acids is 1. The summed E-state index contributed by atoms with van der Waals surface area (Å²) >= 11 is 0. The van der Waals surface area contributed by atoms with Crippen molar-refractivity contribution >= 4 is 16.7 Å². The minimum absolute atomic E-state index is 0.00875. The van der Waals surface area contributed by atoms with Crippen LogP contribution in [0.3, 0.4) is 0 Å². The Morgan fingerprint density at radius 2 is 1.64 bits per heavy atom. The Labute approximate surface area is 157 Å². The highest BCUT2D eigenvalue weighted by atomic mass is 32.2. The number of primary amides is 1. The first-order valence-corrected chi connectivity index (χ1v) is 9.48. The molecule has 0 aromatic heterocycles. The molecular weight excluding hydrogens is 330 g/mol. The van der Waals surface area contributed by atoms with Crippen molar-refractivity contribution in [2.24, 2.45) is 5.73 Å². The van der Waals surface area contributed by atoms with Crippen LogP contribution in [0.2, 0.25) is 0 Å². The Bertz CT molecular complexity index is 952. The molecule has 2 aromatic rings. The van der Waals surface area contributed by atoms with E-state index in [9.17, 15) is 9.00 Å². The molecule has 3 nitrogen and oxygen atoms in total. The van der Waals surface area contributed by atoms with Crippen molar-refractivity contribution < 1.29 is 13.1 Å². The summed E-state index contributed by atoms with van der Waals surface area (Å²) in [6.45, 7) is 11.2. The van der Waals surface area contributed by atoms with Gasteiger partial charge in [0.15, 0.2) is 0 Å². The predicted octanol–water partition coefficient (Wildman–Crippen LogP) is 3.73. The lowest BCUT2D eigenvalue weighted by atomic mass is 9.85. The number of hydrogen-bond acceptors (Lipinski definition) is 2. The van der Waals surface area contributed by atoms with E-state index >= 15 is 0 Å². The third-order valence-electron chi connectivity index (χ3n) is 5.06. The molecule has 2 atom stereocenters. The first kappa shape index (κ1) is 15.3. The maximum atomic E-state index is 13.4. The number of amides is 1. The van der Waals surface area contributed by atoms with Crippen molar-refractivity contribution in [2.75, 3.05) is 5.75 Å². The van der Waals surface area contributed by atoms with E-state index in [1.165, 1.54) is 0 Å². The molecule has 134 valence electrons. The topological polar surface area (TPSA) is 60.2 Å². The highest BCUT2D eigenvalue weighted by molar-refractivity contribution is 7.87. The summed E-state index contributed by atoms with van der Waals surface area (Å²) in [7, 11) is -1.76. The lowest BCUT2D eigenvalue weighted by Gasteiger charge is -2.32. The third-order valence-corrected chi connectivity index (χ3v) is 6.96. The Morgan fingerprint density at radius 3 is 2.16 bits per heavy atom. The predicted molar refractivity (Wildman–Crippen MR) is 105 cm³/mol. The summed E-state index contributed by atoms with van der Waals surface area (Å²) in [6.07, 6.45) is 0. The quantitative estimate of drug-likeness (QED) is 0.883. The van der Waals surface area contributed by atoms with Crippen LogP contribution in [0.5, 0.6) is 0 Å². The van der Waals surface area contributed by atoms with E-state index in [2.05, 4.69) is 0 Å². The van der Waals surface area contributed by atoms with Gasteiger partial charge < -0.3 is 5.73 Å². The van der Waals surface area contributed by atoms with E-state index in [0.717, 1.165) is 16.7 Å². The molecule has 4 heteroatoms. The number of rotatable bonds is 5. The van der Waals surface area contributed by atoms with Crippen LogP contribution in [0, 0.1) is 34.6 Å². The highest BCUT2D eigenvalue weighted by Crippen LogP contribution is 2.39. The Balaban J connectivity index is 2.98. The van der Waals surface area contributed by atoms with E-state index in [0.29, 0.717) is 22.3 Å². The number of benzene rings is 2. The normalized spacial score (nSPS) is 16.5. The molecule has 1 unspecified atom stereocenters. The minimum Gasteiger partial charge on any atom is -0.369 e. The lowest BCUT2D eigenvalue weighted by Crippen LogP contribution is -2.36. The van der Waals surface area contributed by atoms with Gasteiger partial charge >= 0.3 is 0 Å². The molecular formula is C21H27NO2S. The Kier molecular flexibility index (Phi) is 4.37. The maximum Gasteiger partial charge on any atom is 0.230 e. The van der Waals surface area contributed by atoms with Gasteiger partial charge in [0.1, 0.15) is 5.75 Å². The zero-order chi connectivity index (χ0) is 21.5. The molecule has 0 fully saturated rings. The summed E-state index contributed by atoms with van der Waals surface area (Å²) in [6, 6.07) is 3.50. The average Bonchev–Trinajstić information content (AvgIpc) is 2.61. The van der Waals surface area contributed by atoms with E-state index in [4.69, 9.17) is 9.85 Å². The number of nitrogens with two attached hydrogens (primary N) is 1. The summed E-state index contributed by atoms with van der Waals surface area (Å²) in [5.74, 6) is -1.04. The molecule has 2 aromatic carbocycles. The van der Waals surface area contributed by atoms with Crippen molar-refractivity contribution in [3.05, 3.63) is 69.2 Å². The average molecular weight is 361 g/mol. The van der Waals surface area contributed by atoms with Crippen LogP contribution in [0.4, 0.5) is 0 Å². The molecule has 2 N–H and O–H groups in total. The monoisotopic (exact) mass is 360 g/mol. The van der Waals surface area contributed by atoms with E-state index in [1.54, 1.807) is 20.8 Å². The van der Waals surface area contributed by atoms with Gasteiger partial charge in [-0.1, -0.05) is 30.3 Å². The minimum atomic E-state index is -1.76. The number of aryl methyl sites for hydroxylation is 2. The second-order valence-electron chi connectivity index (χ2n) is 6.72. The Hall–Kier alpha value is -1.94. The van der Waals surface area contributed by atoms with E-state index in [1.807, 2.05) is 32.9 Å². The second kappa shape index (κ2) is 7.12. The van der Waals surface area contributed by atoms with E-state index < -0.39 is 21.5 Å². The highest BCUT2D eigenvalue weighted by Gasteiger charge is 2.38. The summed E-state index contributed by atoms with van der Waals surface area (Å²) in [4.78, 5) is 11.6. The first-order chi connectivity index (χ1) is 12.8. The molecule has 0 aliphatic heterocycles. The largest absolute Gasteiger partial charge is 0.369 e. The summed E-state index contributed by atoms with van der Waals surface area (Å²) < 4.78 is 37.0. The SMILES string of the molecule is [2H]c1c([2H])c(C)c(C)c(C(C)(c2cc(C)c(C)c(C)c2)[S@](=O)CC(N)=O)c1[2H]. The number of carbonyl (C=O) groups is 1. The molecule has 0 saturated heterocycles. The molecule has 1 amide bonds. The first-order valence-electron chi connectivity index (χ1n) is 9.66. The molecule has 0 bridgehead atoms. The van der Waals surface area contributed by atoms with Crippen LogP contribution < -0.4 is 5.73 Å². The molecule has 0 heterocycles. The van der Waals surface area contributed by atoms with Crippen LogP contribution in [0.1, 0.15) is 50.0 Å². The summed E-state index contributed by atoms with van der Waals surface area (Å²) in [5, 5.41) is 0. The molecule has 0 aliphatic carbocycles. The van der Waals surface area contributed by atoms with Crippen LogP contribution >= 0.6 is 0 Å². The van der Waals surface area contributed by atoms with Gasteiger partial charge in [0.2, 0.25) is 5.91 Å². The van der Waals surface area contributed by atoms with Crippen molar-refractivity contribution in [1.82, 2.24) is 0 Å².